The Morgan fingerprint density at radius 3 is 2.69 bits per heavy atom. The van der Waals surface area contributed by atoms with Crippen LogP contribution in [0.2, 0.25) is 0 Å². The lowest BCUT2D eigenvalue weighted by molar-refractivity contribution is -0.140. The van der Waals surface area contributed by atoms with Crippen molar-refractivity contribution in [2.45, 2.75) is 32.0 Å². The molecule has 1 fully saturated rings. The number of Topliss-reactive ketones (excluding diaryl/α,β-unsaturated/α-hetero) is 1. The van der Waals surface area contributed by atoms with Crippen LogP contribution < -0.4 is 4.74 Å². The van der Waals surface area contributed by atoms with Gasteiger partial charge < -0.3 is 14.7 Å². The maximum atomic E-state index is 13.1. The SMILES string of the molecule is CC1Cc2cc(/C(O)=C3\C(=O)C(=O)N(Cc4ccncc4)C3c3cccnc3)ccc2O1. The zero-order valence-corrected chi connectivity index (χ0v) is 17.4. The molecule has 0 radical (unpaired) electrons. The van der Waals surface area contributed by atoms with E-state index in [4.69, 9.17) is 4.74 Å². The molecule has 2 aliphatic heterocycles. The average molecular weight is 427 g/mol. The summed E-state index contributed by atoms with van der Waals surface area (Å²) in [5, 5.41) is 11.2. The number of pyridine rings is 2. The van der Waals surface area contributed by atoms with E-state index in [0.717, 1.165) is 23.3 Å². The molecular weight excluding hydrogens is 406 g/mol. The molecule has 0 saturated carbocycles. The van der Waals surface area contributed by atoms with E-state index in [9.17, 15) is 14.7 Å². The third-order valence-electron chi connectivity index (χ3n) is 5.81. The lowest BCUT2D eigenvalue weighted by atomic mass is 9.95. The van der Waals surface area contributed by atoms with E-state index in [0.29, 0.717) is 11.1 Å². The number of nitrogens with zero attached hydrogens (tertiary/aromatic N) is 3. The fourth-order valence-corrected chi connectivity index (χ4v) is 4.34. The Kier molecular flexibility index (Phi) is 4.93. The van der Waals surface area contributed by atoms with Gasteiger partial charge >= 0.3 is 0 Å². The molecule has 2 atom stereocenters. The highest BCUT2D eigenvalue weighted by Crippen LogP contribution is 2.41. The number of ketones is 1. The van der Waals surface area contributed by atoms with Crippen LogP contribution in [0.15, 0.2) is 72.8 Å². The van der Waals surface area contributed by atoms with Gasteiger partial charge in [0.25, 0.3) is 11.7 Å². The summed E-state index contributed by atoms with van der Waals surface area (Å²) in [4.78, 5) is 35.8. The Hall–Kier alpha value is -4.00. The van der Waals surface area contributed by atoms with Crippen molar-refractivity contribution in [2.75, 3.05) is 0 Å². The lowest BCUT2D eigenvalue weighted by Crippen LogP contribution is -2.29. The van der Waals surface area contributed by atoms with Crippen LogP contribution in [0.5, 0.6) is 5.75 Å². The van der Waals surface area contributed by atoms with Crippen LogP contribution >= 0.6 is 0 Å². The van der Waals surface area contributed by atoms with Crippen LogP contribution in [0.25, 0.3) is 5.76 Å². The molecule has 0 bridgehead atoms. The molecule has 32 heavy (non-hydrogen) atoms. The average Bonchev–Trinajstić information content (AvgIpc) is 3.31. The smallest absolute Gasteiger partial charge is 0.295 e. The van der Waals surface area contributed by atoms with E-state index in [1.54, 1.807) is 61.2 Å². The molecule has 1 amide bonds. The second-order valence-corrected chi connectivity index (χ2v) is 8.02. The minimum absolute atomic E-state index is 0.0590. The monoisotopic (exact) mass is 427 g/mol. The Bertz CT molecular complexity index is 1220. The number of rotatable bonds is 4. The van der Waals surface area contributed by atoms with Gasteiger partial charge in [-0.25, -0.2) is 0 Å². The largest absolute Gasteiger partial charge is 0.507 e. The maximum Gasteiger partial charge on any atom is 0.295 e. The number of carbonyl (C=O) groups is 2. The predicted molar refractivity (Wildman–Crippen MR) is 117 cm³/mol. The molecule has 4 heterocycles. The van der Waals surface area contributed by atoms with E-state index in [1.807, 2.05) is 13.0 Å². The van der Waals surface area contributed by atoms with Crippen molar-refractivity contribution >= 4 is 17.4 Å². The van der Waals surface area contributed by atoms with E-state index in [2.05, 4.69) is 9.97 Å². The van der Waals surface area contributed by atoms with E-state index in [1.165, 1.54) is 4.90 Å². The highest BCUT2D eigenvalue weighted by molar-refractivity contribution is 6.46. The highest BCUT2D eigenvalue weighted by Gasteiger charge is 2.46. The van der Waals surface area contributed by atoms with Gasteiger partial charge in [-0.2, -0.15) is 0 Å². The number of hydrogen-bond acceptors (Lipinski definition) is 6. The Morgan fingerprint density at radius 1 is 1.12 bits per heavy atom. The molecule has 2 aliphatic rings. The van der Waals surface area contributed by atoms with Gasteiger partial charge in [-0.3, -0.25) is 19.6 Å². The molecule has 0 spiro atoms. The Morgan fingerprint density at radius 2 is 1.94 bits per heavy atom. The zero-order valence-electron chi connectivity index (χ0n) is 17.4. The first-order valence-corrected chi connectivity index (χ1v) is 10.4. The highest BCUT2D eigenvalue weighted by atomic mass is 16.5. The molecule has 1 N–H and O–H groups in total. The first-order chi connectivity index (χ1) is 15.5. The van der Waals surface area contributed by atoms with Crippen molar-refractivity contribution in [1.82, 2.24) is 14.9 Å². The molecule has 3 aromatic rings. The summed E-state index contributed by atoms with van der Waals surface area (Å²) >= 11 is 0. The molecule has 1 aromatic carbocycles. The molecule has 160 valence electrons. The molecule has 2 unspecified atom stereocenters. The Labute approximate surface area is 185 Å². The number of carbonyl (C=O) groups excluding carboxylic acids is 2. The lowest BCUT2D eigenvalue weighted by Gasteiger charge is -2.25. The second kappa shape index (κ2) is 7.92. The number of fused-ring (bicyclic) bond motifs is 1. The van der Waals surface area contributed by atoms with E-state index >= 15 is 0 Å². The number of aliphatic hydroxyl groups is 1. The maximum absolute atomic E-state index is 13.1. The quantitative estimate of drug-likeness (QED) is 0.390. The summed E-state index contributed by atoms with van der Waals surface area (Å²) in [6.07, 6.45) is 7.29. The number of benzene rings is 1. The van der Waals surface area contributed by atoms with Crippen molar-refractivity contribution in [3.8, 4) is 5.75 Å². The first-order valence-electron chi connectivity index (χ1n) is 10.4. The Balaban J connectivity index is 1.62. The van der Waals surface area contributed by atoms with Gasteiger partial charge in [0.2, 0.25) is 0 Å². The summed E-state index contributed by atoms with van der Waals surface area (Å²) in [6, 6.07) is 11.7. The summed E-state index contributed by atoms with van der Waals surface area (Å²) in [6.45, 7) is 2.19. The number of ether oxygens (including phenoxy) is 1. The fourth-order valence-electron chi connectivity index (χ4n) is 4.34. The molecule has 7 nitrogen and oxygen atoms in total. The summed E-state index contributed by atoms with van der Waals surface area (Å²) in [5.41, 5.74) is 2.99. The molecular formula is C25H21N3O4. The third-order valence-corrected chi connectivity index (χ3v) is 5.81. The molecule has 5 rings (SSSR count). The summed E-state index contributed by atoms with van der Waals surface area (Å²) < 4.78 is 5.74. The minimum Gasteiger partial charge on any atom is -0.507 e. The number of aromatic nitrogens is 2. The van der Waals surface area contributed by atoms with Crippen LogP contribution in [-0.4, -0.2) is 37.8 Å². The van der Waals surface area contributed by atoms with Crippen molar-refractivity contribution < 1.29 is 19.4 Å². The van der Waals surface area contributed by atoms with Crippen LogP contribution in [0.1, 0.15) is 35.2 Å². The van der Waals surface area contributed by atoms with Crippen molar-refractivity contribution in [1.29, 1.82) is 0 Å². The van der Waals surface area contributed by atoms with Gasteiger partial charge in [0.05, 0.1) is 11.6 Å². The molecule has 0 aliphatic carbocycles. The first kappa shape index (κ1) is 19.9. The standard InChI is InChI=1S/C25H21N3O4/c1-15-11-19-12-17(4-5-20(19)32-15)23(29)21-22(18-3-2-8-27-13-18)28(25(31)24(21)30)14-16-6-9-26-10-7-16/h2-10,12-13,15,22,29H,11,14H2,1H3/b23-21+. The van der Waals surface area contributed by atoms with Crippen LogP contribution in [0, 0.1) is 0 Å². The van der Waals surface area contributed by atoms with Gasteiger partial charge in [-0.1, -0.05) is 6.07 Å². The molecule has 2 aromatic heterocycles. The van der Waals surface area contributed by atoms with Gasteiger partial charge in [0.1, 0.15) is 17.6 Å². The van der Waals surface area contributed by atoms with Crippen molar-refractivity contribution in [2.24, 2.45) is 0 Å². The predicted octanol–water partition coefficient (Wildman–Crippen LogP) is 3.42. The normalized spacial score (nSPS) is 21.5. The number of hydrogen-bond donors (Lipinski definition) is 1. The summed E-state index contributed by atoms with van der Waals surface area (Å²) in [5.74, 6) is -0.793. The minimum atomic E-state index is -0.750. The topological polar surface area (TPSA) is 92.6 Å². The van der Waals surface area contributed by atoms with Gasteiger partial charge in [0, 0.05) is 43.3 Å². The van der Waals surface area contributed by atoms with Gasteiger partial charge in [-0.05, 0) is 60.0 Å². The van der Waals surface area contributed by atoms with Gasteiger partial charge in [0.15, 0.2) is 0 Å². The molecule has 1 saturated heterocycles. The number of likely N-dealkylation sites (tertiary alicyclic amines) is 1. The zero-order chi connectivity index (χ0) is 22.2. The van der Waals surface area contributed by atoms with Gasteiger partial charge in [-0.15, -0.1) is 0 Å². The van der Waals surface area contributed by atoms with Crippen LogP contribution in [0.3, 0.4) is 0 Å². The summed E-state index contributed by atoms with van der Waals surface area (Å²) in [7, 11) is 0. The van der Waals surface area contributed by atoms with Crippen LogP contribution in [-0.2, 0) is 22.6 Å². The fraction of sp³-hybridized carbons (Fsp3) is 0.200. The van der Waals surface area contributed by atoms with Crippen molar-refractivity contribution in [3.05, 3.63) is 95.1 Å². The van der Waals surface area contributed by atoms with Crippen molar-refractivity contribution in [3.63, 3.8) is 0 Å². The van der Waals surface area contributed by atoms with E-state index < -0.39 is 17.7 Å². The number of amides is 1. The van der Waals surface area contributed by atoms with Crippen LogP contribution in [0.4, 0.5) is 0 Å². The number of aliphatic hydroxyl groups excluding tert-OH is 1. The molecule has 7 heteroatoms. The second-order valence-electron chi connectivity index (χ2n) is 8.02. The van der Waals surface area contributed by atoms with E-state index in [-0.39, 0.29) is 24.0 Å². The third kappa shape index (κ3) is 3.41.